The molecule has 0 fully saturated rings. The van der Waals surface area contributed by atoms with Gasteiger partial charge in [0.2, 0.25) is 5.89 Å². The predicted molar refractivity (Wildman–Crippen MR) is 84.8 cm³/mol. The van der Waals surface area contributed by atoms with Crippen molar-refractivity contribution in [3.05, 3.63) is 63.9 Å². The number of nitriles is 1. The number of nitrogens with zero attached hydrogens (tertiary/aromatic N) is 2. The Hall–Kier alpha value is -2.13. The molecular formula is C16H9IN2O. The summed E-state index contributed by atoms with van der Waals surface area (Å²) < 4.78 is 6.46. The Morgan fingerprint density at radius 3 is 2.30 bits per heavy atom. The van der Waals surface area contributed by atoms with Gasteiger partial charge in [-0.2, -0.15) is 5.26 Å². The average molecular weight is 372 g/mol. The van der Waals surface area contributed by atoms with Crippen LogP contribution in [0.3, 0.4) is 0 Å². The third kappa shape index (κ3) is 2.45. The molecule has 0 saturated heterocycles. The van der Waals surface area contributed by atoms with Crippen LogP contribution in [-0.4, -0.2) is 4.98 Å². The summed E-state index contributed by atoms with van der Waals surface area (Å²) in [5, 5.41) is 8.82. The summed E-state index contributed by atoms with van der Waals surface area (Å²) in [4.78, 5) is 4.55. The molecule has 0 aliphatic rings. The highest BCUT2D eigenvalue weighted by Gasteiger charge is 2.13. The lowest BCUT2D eigenvalue weighted by molar-refractivity contribution is 0.547. The summed E-state index contributed by atoms with van der Waals surface area (Å²) in [7, 11) is 0. The molecule has 3 nitrogen and oxygen atoms in total. The van der Waals surface area contributed by atoms with Crippen LogP contribution in [-0.2, 0) is 0 Å². The van der Waals surface area contributed by atoms with Gasteiger partial charge in [0.25, 0.3) is 0 Å². The van der Waals surface area contributed by atoms with Crippen molar-refractivity contribution in [2.45, 2.75) is 0 Å². The van der Waals surface area contributed by atoms with E-state index in [-0.39, 0.29) is 0 Å². The first-order valence-electron chi connectivity index (χ1n) is 6.00. The van der Waals surface area contributed by atoms with Gasteiger partial charge in [-0.1, -0.05) is 30.3 Å². The Morgan fingerprint density at radius 1 is 0.950 bits per heavy atom. The fourth-order valence-corrected chi connectivity index (χ4v) is 2.53. The predicted octanol–water partition coefficient (Wildman–Crippen LogP) is 4.48. The molecule has 0 saturated carbocycles. The molecule has 96 valence electrons. The van der Waals surface area contributed by atoms with Gasteiger partial charge in [0.15, 0.2) is 3.77 Å². The number of benzene rings is 2. The Bertz CT molecular complexity index is 770. The number of hydrogen-bond acceptors (Lipinski definition) is 3. The molecule has 0 atom stereocenters. The molecule has 3 rings (SSSR count). The molecule has 0 aliphatic carbocycles. The van der Waals surface area contributed by atoms with E-state index in [1.54, 1.807) is 12.1 Å². The molecule has 1 heterocycles. The monoisotopic (exact) mass is 372 g/mol. The van der Waals surface area contributed by atoms with Crippen molar-refractivity contribution in [2.75, 3.05) is 0 Å². The van der Waals surface area contributed by atoms with Gasteiger partial charge in [0.05, 0.1) is 11.6 Å². The third-order valence-electron chi connectivity index (χ3n) is 2.89. The second kappa shape index (κ2) is 5.47. The fraction of sp³-hybridized carbons (Fsp3) is 0. The first-order chi connectivity index (χ1) is 9.78. The van der Waals surface area contributed by atoms with Crippen LogP contribution in [0.5, 0.6) is 0 Å². The molecule has 3 aromatic rings. The van der Waals surface area contributed by atoms with E-state index >= 15 is 0 Å². The van der Waals surface area contributed by atoms with Crippen molar-refractivity contribution in [2.24, 2.45) is 0 Å². The molecule has 0 N–H and O–H groups in total. The van der Waals surface area contributed by atoms with Crippen LogP contribution in [0.1, 0.15) is 5.56 Å². The largest absolute Gasteiger partial charge is 0.430 e. The van der Waals surface area contributed by atoms with Gasteiger partial charge in [0, 0.05) is 33.7 Å². The van der Waals surface area contributed by atoms with Crippen molar-refractivity contribution < 1.29 is 4.42 Å². The highest BCUT2D eigenvalue weighted by atomic mass is 127. The normalized spacial score (nSPS) is 10.2. The second-order valence-electron chi connectivity index (χ2n) is 4.20. The zero-order chi connectivity index (χ0) is 13.9. The van der Waals surface area contributed by atoms with Crippen LogP contribution in [0.2, 0.25) is 0 Å². The van der Waals surface area contributed by atoms with Crippen LogP contribution in [0.15, 0.2) is 59.0 Å². The molecule has 0 bridgehead atoms. The molecule has 20 heavy (non-hydrogen) atoms. The van der Waals surface area contributed by atoms with E-state index in [1.165, 1.54) is 0 Å². The van der Waals surface area contributed by atoms with Gasteiger partial charge >= 0.3 is 0 Å². The van der Waals surface area contributed by atoms with Gasteiger partial charge in [-0.05, 0) is 24.3 Å². The zero-order valence-corrected chi connectivity index (χ0v) is 12.5. The first-order valence-corrected chi connectivity index (χ1v) is 7.08. The number of rotatable bonds is 2. The van der Waals surface area contributed by atoms with Gasteiger partial charge in [-0.15, -0.1) is 0 Å². The molecule has 2 aromatic carbocycles. The Labute approximate surface area is 130 Å². The number of halogens is 1. The number of aromatic nitrogens is 1. The number of hydrogen-bond donors (Lipinski definition) is 0. The van der Waals surface area contributed by atoms with Crippen LogP contribution in [0.4, 0.5) is 0 Å². The average Bonchev–Trinajstić information content (AvgIpc) is 2.90. The van der Waals surface area contributed by atoms with Crippen molar-refractivity contribution in [3.63, 3.8) is 0 Å². The maximum Gasteiger partial charge on any atom is 0.228 e. The Kier molecular flexibility index (Phi) is 3.52. The topological polar surface area (TPSA) is 49.8 Å². The lowest BCUT2D eigenvalue weighted by Crippen LogP contribution is -1.82. The van der Waals surface area contributed by atoms with E-state index in [4.69, 9.17) is 9.68 Å². The fourth-order valence-electron chi connectivity index (χ4n) is 1.89. The van der Waals surface area contributed by atoms with E-state index in [0.29, 0.717) is 11.5 Å². The van der Waals surface area contributed by atoms with E-state index in [2.05, 4.69) is 33.6 Å². The lowest BCUT2D eigenvalue weighted by Gasteiger charge is -1.96. The highest BCUT2D eigenvalue weighted by molar-refractivity contribution is 14.1. The summed E-state index contributed by atoms with van der Waals surface area (Å²) in [6.07, 6.45) is 0. The molecular weight excluding hydrogens is 363 g/mol. The van der Waals surface area contributed by atoms with Crippen LogP contribution in [0.25, 0.3) is 22.7 Å². The van der Waals surface area contributed by atoms with E-state index in [1.807, 2.05) is 42.5 Å². The summed E-state index contributed by atoms with van der Waals surface area (Å²) in [5.41, 5.74) is 3.33. The summed E-state index contributed by atoms with van der Waals surface area (Å²) in [6, 6.07) is 19.2. The molecule has 4 heteroatoms. The molecule has 0 amide bonds. The van der Waals surface area contributed by atoms with Gasteiger partial charge in [-0.3, -0.25) is 0 Å². The standard InChI is InChI=1S/C16H9IN2O/c17-15-14(12-8-6-11(10-18)7-9-12)19-16(20-15)13-4-2-1-3-5-13/h1-9H. The minimum absolute atomic E-state index is 0.606. The maximum atomic E-state index is 8.82. The molecule has 0 radical (unpaired) electrons. The third-order valence-corrected chi connectivity index (χ3v) is 3.63. The summed E-state index contributed by atoms with van der Waals surface area (Å²) >= 11 is 2.14. The molecule has 0 spiro atoms. The minimum atomic E-state index is 0.606. The van der Waals surface area contributed by atoms with E-state index in [0.717, 1.165) is 20.6 Å². The smallest absolute Gasteiger partial charge is 0.228 e. The van der Waals surface area contributed by atoms with Crippen molar-refractivity contribution in [3.8, 4) is 28.8 Å². The van der Waals surface area contributed by atoms with Gasteiger partial charge in [0.1, 0.15) is 5.69 Å². The highest BCUT2D eigenvalue weighted by Crippen LogP contribution is 2.29. The van der Waals surface area contributed by atoms with E-state index in [9.17, 15) is 0 Å². The van der Waals surface area contributed by atoms with Crippen molar-refractivity contribution >= 4 is 22.6 Å². The SMILES string of the molecule is N#Cc1ccc(-c2nc(-c3ccccc3)oc2I)cc1. The van der Waals surface area contributed by atoms with Crippen LogP contribution >= 0.6 is 22.6 Å². The van der Waals surface area contributed by atoms with Gasteiger partial charge < -0.3 is 4.42 Å². The first kappa shape index (κ1) is 12.9. The van der Waals surface area contributed by atoms with E-state index < -0.39 is 0 Å². The van der Waals surface area contributed by atoms with Crippen LogP contribution < -0.4 is 0 Å². The number of oxazole rings is 1. The Balaban J connectivity index is 2.03. The quantitative estimate of drug-likeness (QED) is 0.623. The molecule has 0 unspecified atom stereocenters. The Morgan fingerprint density at radius 2 is 1.65 bits per heavy atom. The zero-order valence-electron chi connectivity index (χ0n) is 10.4. The second-order valence-corrected chi connectivity index (χ2v) is 5.18. The van der Waals surface area contributed by atoms with Crippen molar-refractivity contribution in [1.29, 1.82) is 5.26 Å². The summed E-state index contributed by atoms with van der Waals surface area (Å²) in [6.45, 7) is 0. The lowest BCUT2D eigenvalue weighted by atomic mass is 10.1. The maximum absolute atomic E-state index is 8.82. The molecule has 1 aromatic heterocycles. The van der Waals surface area contributed by atoms with Crippen LogP contribution in [0, 0.1) is 15.1 Å². The van der Waals surface area contributed by atoms with Crippen molar-refractivity contribution in [1.82, 2.24) is 4.98 Å². The summed E-state index contributed by atoms with van der Waals surface area (Å²) in [5.74, 6) is 0.606. The molecule has 0 aliphatic heterocycles. The minimum Gasteiger partial charge on any atom is -0.430 e. The van der Waals surface area contributed by atoms with Gasteiger partial charge in [-0.25, -0.2) is 4.98 Å².